The Morgan fingerprint density at radius 2 is 1.63 bits per heavy atom. The summed E-state index contributed by atoms with van der Waals surface area (Å²) in [6, 6.07) is 23.0. The van der Waals surface area contributed by atoms with E-state index in [-0.39, 0.29) is 5.69 Å². The van der Waals surface area contributed by atoms with Crippen LogP contribution in [0.5, 0.6) is 0 Å². The second-order valence-corrected chi connectivity index (χ2v) is 7.12. The van der Waals surface area contributed by atoms with Crippen LogP contribution in [0.15, 0.2) is 72.8 Å². The molecule has 3 aromatic carbocycles. The Morgan fingerprint density at radius 3 is 2.33 bits per heavy atom. The van der Waals surface area contributed by atoms with Gasteiger partial charge in [0, 0.05) is 17.4 Å². The summed E-state index contributed by atoms with van der Waals surface area (Å²) in [7, 11) is 0. The molecule has 4 rings (SSSR count). The van der Waals surface area contributed by atoms with Gasteiger partial charge in [-0.25, -0.2) is 4.79 Å². The molecular weight excluding hydrogens is 381 g/mol. The van der Waals surface area contributed by atoms with Crippen molar-refractivity contribution >= 4 is 40.1 Å². The van der Waals surface area contributed by atoms with Crippen LogP contribution in [-0.2, 0) is 6.54 Å². The highest BCUT2D eigenvalue weighted by Gasteiger charge is 2.16. The first-order valence-corrected chi connectivity index (χ1v) is 9.14. The Bertz CT molecular complexity index is 1150. The SMILES string of the molecule is O=C(O)c1cc2ccc(-c3ccccc3)cc2n1Cc1ccc(Cl)c(Cl)c1. The lowest BCUT2D eigenvalue weighted by atomic mass is 10.0. The second-order valence-electron chi connectivity index (χ2n) is 6.31. The molecule has 0 aliphatic carbocycles. The Kier molecular flexibility index (Phi) is 4.65. The molecule has 0 spiro atoms. The van der Waals surface area contributed by atoms with E-state index < -0.39 is 5.97 Å². The number of carboxylic acids is 1. The zero-order valence-electron chi connectivity index (χ0n) is 14.2. The van der Waals surface area contributed by atoms with Crippen LogP contribution >= 0.6 is 23.2 Å². The molecule has 0 amide bonds. The van der Waals surface area contributed by atoms with Crippen LogP contribution < -0.4 is 0 Å². The topological polar surface area (TPSA) is 42.2 Å². The molecule has 0 atom stereocenters. The Hall–Kier alpha value is -2.75. The number of carbonyl (C=O) groups is 1. The minimum Gasteiger partial charge on any atom is -0.477 e. The lowest BCUT2D eigenvalue weighted by Gasteiger charge is -2.11. The zero-order valence-corrected chi connectivity index (χ0v) is 15.7. The largest absolute Gasteiger partial charge is 0.477 e. The third-order valence-electron chi connectivity index (χ3n) is 4.56. The number of hydrogen-bond acceptors (Lipinski definition) is 1. The summed E-state index contributed by atoms with van der Waals surface area (Å²) >= 11 is 12.1. The first kappa shape index (κ1) is 17.7. The minimum absolute atomic E-state index is 0.237. The number of hydrogen-bond donors (Lipinski definition) is 1. The standard InChI is InChI=1S/C22H15Cl2NO2/c23-18-9-6-14(10-19(18)24)13-25-20-11-16(15-4-2-1-3-5-15)7-8-17(20)12-21(25)22(26)27/h1-12H,13H2,(H,26,27). The van der Waals surface area contributed by atoms with Gasteiger partial charge in [0.1, 0.15) is 5.69 Å². The third-order valence-corrected chi connectivity index (χ3v) is 5.29. The summed E-state index contributed by atoms with van der Waals surface area (Å²) in [5, 5.41) is 11.5. The Balaban J connectivity index is 1.86. The first-order valence-electron chi connectivity index (χ1n) is 8.39. The molecule has 1 heterocycles. The van der Waals surface area contributed by atoms with Crippen molar-refractivity contribution in [3.05, 3.63) is 94.1 Å². The zero-order chi connectivity index (χ0) is 19.0. The minimum atomic E-state index is -0.965. The normalized spacial score (nSPS) is 11.0. The molecule has 134 valence electrons. The van der Waals surface area contributed by atoms with Crippen molar-refractivity contribution in [1.29, 1.82) is 0 Å². The van der Waals surface area contributed by atoms with E-state index in [1.165, 1.54) is 0 Å². The van der Waals surface area contributed by atoms with Crippen molar-refractivity contribution in [2.75, 3.05) is 0 Å². The van der Waals surface area contributed by atoms with Crippen molar-refractivity contribution in [3.63, 3.8) is 0 Å². The maximum atomic E-state index is 11.8. The lowest BCUT2D eigenvalue weighted by molar-refractivity contribution is 0.0686. The van der Waals surface area contributed by atoms with Crippen LogP contribution in [0.4, 0.5) is 0 Å². The van der Waals surface area contributed by atoms with Gasteiger partial charge in [-0.3, -0.25) is 0 Å². The van der Waals surface area contributed by atoms with Crippen molar-refractivity contribution in [2.24, 2.45) is 0 Å². The lowest BCUT2D eigenvalue weighted by Crippen LogP contribution is -2.09. The fourth-order valence-corrected chi connectivity index (χ4v) is 3.55. The van der Waals surface area contributed by atoms with E-state index in [9.17, 15) is 9.90 Å². The molecule has 0 aliphatic rings. The molecule has 0 fully saturated rings. The van der Waals surface area contributed by atoms with Crippen LogP contribution in [0, 0.1) is 0 Å². The maximum absolute atomic E-state index is 11.8. The van der Waals surface area contributed by atoms with Gasteiger partial charge in [0.05, 0.1) is 10.0 Å². The monoisotopic (exact) mass is 395 g/mol. The Morgan fingerprint density at radius 1 is 0.852 bits per heavy atom. The van der Waals surface area contributed by atoms with E-state index in [0.717, 1.165) is 27.6 Å². The van der Waals surface area contributed by atoms with E-state index in [4.69, 9.17) is 23.2 Å². The van der Waals surface area contributed by atoms with Gasteiger partial charge in [0.2, 0.25) is 0 Å². The van der Waals surface area contributed by atoms with Crippen molar-refractivity contribution in [3.8, 4) is 11.1 Å². The van der Waals surface area contributed by atoms with Crippen LogP contribution in [0.25, 0.3) is 22.0 Å². The highest BCUT2D eigenvalue weighted by molar-refractivity contribution is 6.42. The average molecular weight is 396 g/mol. The second kappa shape index (κ2) is 7.10. The van der Waals surface area contributed by atoms with Gasteiger partial charge < -0.3 is 9.67 Å². The number of rotatable bonds is 4. The van der Waals surface area contributed by atoms with E-state index in [0.29, 0.717) is 16.6 Å². The smallest absolute Gasteiger partial charge is 0.352 e. The molecule has 5 heteroatoms. The highest BCUT2D eigenvalue weighted by Crippen LogP contribution is 2.29. The number of aromatic carboxylic acids is 1. The van der Waals surface area contributed by atoms with Gasteiger partial charge in [0.25, 0.3) is 0 Å². The molecule has 0 saturated heterocycles. The van der Waals surface area contributed by atoms with Gasteiger partial charge in [-0.05, 0) is 41.0 Å². The van der Waals surface area contributed by atoms with Crippen LogP contribution in [-0.4, -0.2) is 15.6 Å². The van der Waals surface area contributed by atoms with Crippen LogP contribution in [0.3, 0.4) is 0 Å². The van der Waals surface area contributed by atoms with Crippen molar-refractivity contribution < 1.29 is 9.90 Å². The maximum Gasteiger partial charge on any atom is 0.352 e. The number of fused-ring (bicyclic) bond motifs is 1. The van der Waals surface area contributed by atoms with E-state index in [2.05, 4.69) is 0 Å². The average Bonchev–Trinajstić information content (AvgIpc) is 3.03. The quantitative estimate of drug-likeness (QED) is 0.436. The molecule has 0 unspecified atom stereocenters. The molecule has 0 saturated carbocycles. The summed E-state index contributed by atoms with van der Waals surface area (Å²) in [6.07, 6.45) is 0. The summed E-state index contributed by atoms with van der Waals surface area (Å²) in [4.78, 5) is 11.8. The van der Waals surface area contributed by atoms with Gasteiger partial charge >= 0.3 is 5.97 Å². The number of benzene rings is 3. The number of aromatic nitrogens is 1. The molecule has 27 heavy (non-hydrogen) atoms. The van der Waals surface area contributed by atoms with E-state index >= 15 is 0 Å². The van der Waals surface area contributed by atoms with Gasteiger partial charge in [0.15, 0.2) is 0 Å². The fourth-order valence-electron chi connectivity index (χ4n) is 3.23. The third kappa shape index (κ3) is 3.44. The molecule has 0 aliphatic heterocycles. The van der Waals surface area contributed by atoms with Gasteiger partial charge in [-0.2, -0.15) is 0 Å². The summed E-state index contributed by atoms with van der Waals surface area (Å²) in [5.41, 5.74) is 4.10. The molecule has 4 aromatic rings. The summed E-state index contributed by atoms with van der Waals surface area (Å²) in [6.45, 7) is 0.389. The number of halogens is 2. The molecule has 3 nitrogen and oxygen atoms in total. The molecule has 1 aromatic heterocycles. The predicted octanol–water partition coefficient (Wildman–Crippen LogP) is 6.36. The van der Waals surface area contributed by atoms with Crippen molar-refractivity contribution in [1.82, 2.24) is 4.57 Å². The molecule has 0 radical (unpaired) electrons. The van der Waals surface area contributed by atoms with E-state index in [1.54, 1.807) is 22.8 Å². The summed E-state index contributed by atoms with van der Waals surface area (Å²) < 4.78 is 1.80. The van der Waals surface area contributed by atoms with E-state index in [1.807, 2.05) is 54.6 Å². The predicted molar refractivity (Wildman–Crippen MR) is 110 cm³/mol. The molecule has 0 bridgehead atoms. The van der Waals surface area contributed by atoms with Gasteiger partial charge in [-0.1, -0.05) is 71.7 Å². The van der Waals surface area contributed by atoms with Crippen LogP contribution in [0.2, 0.25) is 10.0 Å². The highest BCUT2D eigenvalue weighted by atomic mass is 35.5. The van der Waals surface area contributed by atoms with Gasteiger partial charge in [-0.15, -0.1) is 0 Å². The number of carboxylic acid groups (broad SMARTS) is 1. The van der Waals surface area contributed by atoms with Crippen molar-refractivity contribution in [2.45, 2.75) is 6.54 Å². The fraction of sp³-hybridized carbons (Fsp3) is 0.0455. The molecular formula is C22H15Cl2NO2. The summed E-state index contributed by atoms with van der Waals surface area (Å²) in [5.74, 6) is -0.965. The van der Waals surface area contributed by atoms with Crippen LogP contribution in [0.1, 0.15) is 16.1 Å². The first-order chi connectivity index (χ1) is 13.0. The Labute approximate surface area is 166 Å². The number of nitrogens with zero attached hydrogens (tertiary/aromatic N) is 1. The molecule has 1 N–H and O–H groups in total.